The van der Waals surface area contributed by atoms with Gasteiger partial charge in [0.2, 0.25) is 12.4 Å². The molecule has 0 saturated carbocycles. The van der Waals surface area contributed by atoms with Gasteiger partial charge < -0.3 is 9.90 Å². The molecule has 0 aromatic carbocycles. The third kappa shape index (κ3) is 1.58. The topological polar surface area (TPSA) is 48.9 Å². The molecule has 4 heteroatoms. The maximum atomic E-state index is 10.3. The zero-order valence-corrected chi connectivity index (χ0v) is 6.52. The van der Waals surface area contributed by atoms with E-state index in [-0.39, 0.29) is 6.04 Å². The van der Waals surface area contributed by atoms with Crippen molar-refractivity contribution in [3.8, 4) is 0 Å². The second kappa shape index (κ2) is 2.74. The summed E-state index contributed by atoms with van der Waals surface area (Å²) in [6.45, 7) is 3.94. The molecule has 1 heterocycles. The van der Waals surface area contributed by atoms with E-state index in [1.807, 2.05) is 13.8 Å². The Balaban J connectivity index is 2.90. The molecule has 0 amide bonds. The molecule has 0 aliphatic rings. The quantitative estimate of drug-likeness (QED) is 0.514. The molecule has 0 saturated heterocycles. The predicted molar refractivity (Wildman–Crippen MR) is 35.8 cm³/mol. The van der Waals surface area contributed by atoms with Gasteiger partial charge in [0.15, 0.2) is 0 Å². The number of carboxylic acid groups (broad SMARTS) is 1. The molecule has 11 heavy (non-hydrogen) atoms. The summed E-state index contributed by atoms with van der Waals surface area (Å²) < 4.78 is 2.80. The predicted octanol–water partition coefficient (Wildman–Crippen LogP) is -0.452. The smallest absolute Gasteiger partial charge is 0.250 e. The van der Waals surface area contributed by atoms with Crippen LogP contribution in [0.25, 0.3) is 0 Å². The van der Waals surface area contributed by atoms with Crippen molar-refractivity contribution in [2.75, 3.05) is 0 Å². The first-order chi connectivity index (χ1) is 5.11. The summed E-state index contributed by atoms with van der Waals surface area (Å²) in [7, 11) is 0. The lowest BCUT2D eigenvalue weighted by atomic mass is 10.4. The van der Waals surface area contributed by atoms with Crippen LogP contribution in [0.3, 0.4) is 0 Å². The van der Waals surface area contributed by atoms with E-state index in [2.05, 4.69) is 0 Å². The molecule has 1 aromatic heterocycles. The summed E-state index contributed by atoms with van der Waals surface area (Å²) in [6.07, 6.45) is 3.43. The van der Waals surface area contributed by atoms with Crippen molar-refractivity contribution < 1.29 is 14.5 Å². The lowest BCUT2D eigenvalue weighted by Crippen LogP contribution is -2.35. The fourth-order valence-corrected chi connectivity index (χ4v) is 0.783. The number of aromatic nitrogens is 2. The first kappa shape index (κ1) is 7.78. The average Bonchev–Trinajstić information content (AvgIpc) is 2.33. The standard InChI is InChI=1S/C7H10N2O2/c1-6(2)8-3-4-9(5-8)7(10)11/h3-6H,1-2H3. The molecule has 0 atom stereocenters. The first-order valence-electron chi connectivity index (χ1n) is 3.41. The summed E-state index contributed by atoms with van der Waals surface area (Å²) in [4.78, 5) is 10.3. The molecule has 0 unspecified atom stereocenters. The van der Waals surface area contributed by atoms with E-state index in [1.54, 1.807) is 10.8 Å². The Kier molecular flexibility index (Phi) is 1.94. The Labute approximate surface area is 64.7 Å². The van der Waals surface area contributed by atoms with Crippen LogP contribution in [0.1, 0.15) is 19.9 Å². The molecular weight excluding hydrogens is 144 g/mol. The summed E-state index contributed by atoms with van der Waals surface area (Å²) in [6, 6.07) is 0.274. The zero-order chi connectivity index (χ0) is 8.43. The number of carbonyl (C=O) groups excluding carboxylic acids is 1. The highest BCUT2D eigenvalue weighted by atomic mass is 16.4. The van der Waals surface area contributed by atoms with Gasteiger partial charge in [-0.15, -0.1) is 0 Å². The molecule has 1 aromatic rings. The minimum atomic E-state index is -1.20. The highest BCUT2D eigenvalue weighted by Crippen LogP contribution is 1.90. The maximum Gasteiger partial charge on any atom is 0.250 e. The number of rotatable bonds is 1. The summed E-state index contributed by atoms with van der Waals surface area (Å²) in [5.41, 5.74) is 0. The Bertz CT molecular complexity index is 265. The summed E-state index contributed by atoms with van der Waals surface area (Å²) >= 11 is 0. The molecule has 0 fully saturated rings. The van der Waals surface area contributed by atoms with E-state index in [4.69, 9.17) is 0 Å². The van der Waals surface area contributed by atoms with Crippen LogP contribution in [0.5, 0.6) is 0 Å². The highest BCUT2D eigenvalue weighted by Gasteiger charge is 2.06. The zero-order valence-electron chi connectivity index (χ0n) is 6.52. The second-order valence-electron chi connectivity index (χ2n) is 2.63. The Morgan fingerprint density at radius 2 is 2.27 bits per heavy atom. The fraction of sp³-hybridized carbons (Fsp3) is 0.429. The molecule has 1 rings (SSSR count). The maximum absolute atomic E-state index is 10.3. The van der Waals surface area contributed by atoms with Crippen LogP contribution in [-0.2, 0) is 0 Å². The molecule has 4 nitrogen and oxygen atoms in total. The van der Waals surface area contributed by atoms with Crippen molar-refractivity contribution in [2.45, 2.75) is 19.9 Å². The van der Waals surface area contributed by atoms with Crippen molar-refractivity contribution in [2.24, 2.45) is 0 Å². The third-order valence-electron chi connectivity index (χ3n) is 1.46. The number of carbonyl (C=O) groups is 1. The lowest BCUT2D eigenvalue weighted by Gasteiger charge is -1.97. The van der Waals surface area contributed by atoms with Crippen molar-refractivity contribution in [1.82, 2.24) is 4.57 Å². The largest absolute Gasteiger partial charge is 0.510 e. The lowest BCUT2D eigenvalue weighted by molar-refractivity contribution is -0.715. The second-order valence-corrected chi connectivity index (χ2v) is 2.63. The van der Waals surface area contributed by atoms with Crippen LogP contribution in [0.15, 0.2) is 18.7 Å². The van der Waals surface area contributed by atoms with Gasteiger partial charge in [-0.25, -0.2) is 4.57 Å². The van der Waals surface area contributed by atoms with Crippen LogP contribution in [0.2, 0.25) is 0 Å². The van der Waals surface area contributed by atoms with Crippen LogP contribution < -0.4 is 9.67 Å². The van der Waals surface area contributed by atoms with E-state index in [1.165, 1.54) is 12.5 Å². The van der Waals surface area contributed by atoms with E-state index >= 15 is 0 Å². The number of hydrogen-bond donors (Lipinski definition) is 0. The molecule has 0 radical (unpaired) electrons. The SMILES string of the molecule is CC(C)[n+]1ccn(C(=O)[O-])c1. The van der Waals surface area contributed by atoms with Crippen LogP contribution >= 0.6 is 0 Å². The van der Waals surface area contributed by atoms with Crippen LogP contribution in [0, 0.1) is 0 Å². The minimum Gasteiger partial charge on any atom is -0.510 e. The van der Waals surface area contributed by atoms with E-state index in [9.17, 15) is 9.90 Å². The van der Waals surface area contributed by atoms with Gasteiger partial charge in [-0.1, -0.05) is 0 Å². The number of imidazole rings is 1. The van der Waals surface area contributed by atoms with Crippen molar-refractivity contribution >= 4 is 6.09 Å². The highest BCUT2D eigenvalue weighted by molar-refractivity contribution is 5.64. The van der Waals surface area contributed by atoms with E-state index < -0.39 is 6.09 Å². The van der Waals surface area contributed by atoms with Crippen LogP contribution in [0.4, 0.5) is 4.79 Å². The van der Waals surface area contributed by atoms with Gasteiger partial charge in [-0.2, -0.15) is 4.57 Å². The molecular formula is C7H10N2O2. The fourth-order valence-electron chi connectivity index (χ4n) is 0.783. The third-order valence-corrected chi connectivity index (χ3v) is 1.46. The average molecular weight is 154 g/mol. The molecule has 0 aliphatic heterocycles. The molecule has 60 valence electrons. The van der Waals surface area contributed by atoms with Crippen molar-refractivity contribution in [3.63, 3.8) is 0 Å². The van der Waals surface area contributed by atoms with Crippen molar-refractivity contribution in [1.29, 1.82) is 0 Å². The molecule has 0 N–H and O–H groups in total. The summed E-state index contributed by atoms with van der Waals surface area (Å²) in [5, 5.41) is 10.3. The van der Waals surface area contributed by atoms with Gasteiger partial charge >= 0.3 is 0 Å². The number of nitrogens with zero attached hydrogens (tertiary/aromatic N) is 2. The van der Waals surface area contributed by atoms with Gasteiger partial charge in [0.05, 0.1) is 6.04 Å². The van der Waals surface area contributed by atoms with Gasteiger partial charge in [0.25, 0.3) is 0 Å². The monoisotopic (exact) mass is 154 g/mol. The Morgan fingerprint density at radius 3 is 2.55 bits per heavy atom. The molecule has 0 bridgehead atoms. The minimum absolute atomic E-state index is 0.274. The summed E-state index contributed by atoms with van der Waals surface area (Å²) in [5.74, 6) is 0. The van der Waals surface area contributed by atoms with Crippen LogP contribution in [-0.4, -0.2) is 10.7 Å². The van der Waals surface area contributed by atoms with E-state index in [0.29, 0.717) is 0 Å². The van der Waals surface area contributed by atoms with Crippen molar-refractivity contribution in [3.05, 3.63) is 18.7 Å². The molecule has 0 aliphatic carbocycles. The normalized spacial score (nSPS) is 10.5. The van der Waals surface area contributed by atoms with E-state index in [0.717, 1.165) is 4.57 Å². The Hall–Kier alpha value is -1.32. The number of hydrogen-bond acceptors (Lipinski definition) is 2. The Morgan fingerprint density at radius 1 is 1.64 bits per heavy atom. The van der Waals surface area contributed by atoms with Gasteiger partial charge in [-0.05, 0) is 13.8 Å². The van der Waals surface area contributed by atoms with Gasteiger partial charge in [-0.3, -0.25) is 0 Å². The van der Waals surface area contributed by atoms with Gasteiger partial charge in [0.1, 0.15) is 12.4 Å². The molecule has 0 spiro atoms. The van der Waals surface area contributed by atoms with Gasteiger partial charge in [0, 0.05) is 0 Å². The first-order valence-corrected chi connectivity index (χ1v) is 3.41.